The van der Waals surface area contributed by atoms with Crippen molar-refractivity contribution in [3.8, 4) is 0 Å². The molecule has 2 aliphatic rings. The summed E-state index contributed by atoms with van der Waals surface area (Å²) in [5, 5.41) is 4.85. The lowest BCUT2D eigenvalue weighted by molar-refractivity contribution is 0.0973. The minimum Gasteiger partial charge on any atom is -0.373 e. The first-order valence-corrected chi connectivity index (χ1v) is 6.70. The van der Waals surface area contributed by atoms with Crippen LogP contribution in [0.5, 0.6) is 0 Å². The highest BCUT2D eigenvalue weighted by atomic mass is 16.5. The second-order valence-corrected chi connectivity index (χ2v) is 5.31. The van der Waals surface area contributed by atoms with Gasteiger partial charge in [-0.1, -0.05) is 0 Å². The molecule has 3 unspecified atom stereocenters. The van der Waals surface area contributed by atoms with Crippen LogP contribution in [0.2, 0.25) is 0 Å². The van der Waals surface area contributed by atoms with Gasteiger partial charge in [0.05, 0.1) is 12.2 Å². The molecule has 0 saturated carbocycles. The molecule has 0 amide bonds. The van der Waals surface area contributed by atoms with E-state index in [1.807, 2.05) is 12.3 Å². The van der Waals surface area contributed by atoms with Crippen LogP contribution in [0.15, 0.2) is 24.5 Å². The number of hydrogen-bond donors (Lipinski definition) is 2. The summed E-state index contributed by atoms with van der Waals surface area (Å²) in [6.07, 6.45) is 8.47. The molecular weight excluding hydrogens is 226 g/mol. The van der Waals surface area contributed by atoms with E-state index < -0.39 is 0 Å². The molecular formula is C14H17N3O. The quantitative estimate of drug-likeness (QED) is 0.866. The van der Waals surface area contributed by atoms with E-state index in [0.717, 1.165) is 12.2 Å². The molecule has 2 aliphatic heterocycles. The van der Waals surface area contributed by atoms with Crippen molar-refractivity contribution < 1.29 is 4.74 Å². The smallest absolute Gasteiger partial charge is 0.137 e. The van der Waals surface area contributed by atoms with Crippen molar-refractivity contribution in [1.82, 2.24) is 15.3 Å². The van der Waals surface area contributed by atoms with Gasteiger partial charge in [0.2, 0.25) is 0 Å². The van der Waals surface area contributed by atoms with Crippen LogP contribution < -0.4 is 5.32 Å². The summed E-state index contributed by atoms with van der Waals surface area (Å²) in [5.41, 5.74) is 2.26. The topological polar surface area (TPSA) is 49.9 Å². The number of nitrogens with one attached hydrogen (secondary N) is 2. The number of ether oxygens (including phenoxy) is 1. The monoisotopic (exact) mass is 243 g/mol. The lowest BCUT2D eigenvalue weighted by Gasteiger charge is -2.19. The number of aromatic nitrogens is 2. The van der Waals surface area contributed by atoms with Crippen molar-refractivity contribution in [3.05, 3.63) is 30.1 Å². The van der Waals surface area contributed by atoms with Gasteiger partial charge in [-0.05, 0) is 37.0 Å². The van der Waals surface area contributed by atoms with E-state index >= 15 is 0 Å². The predicted molar refractivity (Wildman–Crippen MR) is 69.2 cm³/mol. The van der Waals surface area contributed by atoms with Crippen LogP contribution in [-0.4, -0.2) is 28.2 Å². The number of hydrogen-bond acceptors (Lipinski definition) is 3. The Morgan fingerprint density at radius 1 is 1.44 bits per heavy atom. The van der Waals surface area contributed by atoms with E-state index in [2.05, 4.69) is 27.5 Å². The fraction of sp³-hybridized carbons (Fsp3) is 0.500. The van der Waals surface area contributed by atoms with Crippen molar-refractivity contribution in [2.75, 3.05) is 0 Å². The zero-order valence-corrected chi connectivity index (χ0v) is 10.2. The molecule has 94 valence electrons. The third-order valence-electron chi connectivity index (χ3n) is 4.20. The van der Waals surface area contributed by atoms with E-state index in [-0.39, 0.29) is 0 Å². The van der Waals surface area contributed by atoms with Gasteiger partial charge in [-0.2, -0.15) is 0 Å². The highest BCUT2D eigenvalue weighted by molar-refractivity contribution is 5.79. The molecule has 2 N–H and O–H groups in total. The summed E-state index contributed by atoms with van der Waals surface area (Å²) in [6, 6.07) is 4.64. The second-order valence-electron chi connectivity index (χ2n) is 5.31. The van der Waals surface area contributed by atoms with Gasteiger partial charge in [-0.25, -0.2) is 4.98 Å². The maximum absolute atomic E-state index is 5.86. The third kappa shape index (κ3) is 1.64. The summed E-state index contributed by atoms with van der Waals surface area (Å²) in [7, 11) is 0. The molecule has 2 fully saturated rings. The lowest BCUT2D eigenvalue weighted by Crippen LogP contribution is -2.36. The van der Waals surface area contributed by atoms with Crippen LogP contribution >= 0.6 is 0 Å². The molecule has 3 atom stereocenters. The molecule has 4 heteroatoms. The van der Waals surface area contributed by atoms with Crippen LogP contribution in [0.4, 0.5) is 0 Å². The zero-order chi connectivity index (χ0) is 11.9. The van der Waals surface area contributed by atoms with Gasteiger partial charge in [0.25, 0.3) is 0 Å². The first-order valence-electron chi connectivity index (χ1n) is 6.70. The molecule has 18 heavy (non-hydrogen) atoms. The first-order chi connectivity index (χ1) is 8.90. The molecule has 2 aromatic rings. The SMILES string of the molecule is c1cnc2[nH]cc(CNC3CC4CCC3O4)c2c1. The summed E-state index contributed by atoms with van der Waals surface area (Å²) in [5.74, 6) is 0. The number of fused-ring (bicyclic) bond motifs is 3. The van der Waals surface area contributed by atoms with E-state index in [0.29, 0.717) is 18.2 Å². The normalized spacial score (nSPS) is 30.3. The van der Waals surface area contributed by atoms with Crippen LogP contribution in [0.3, 0.4) is 0 Å². The molecule has 4 nitrogen and oxygen atoms in total. The van der Waals surface area contributed by atoms with Crippen LogP contribution in [0.25, 0.3) is 11.0 Å². The Morgan fingerprint density at radius 2 is 2.44 bits per heavy atom. The van der Waals surface area contributed by atoms with Gasteiger partial charge in [0.1, 0.15) is 5.65 Å². The van der Waals surface area contributed by atoms with Crippen LogP contribution in [0, 0.1) is 0 Å². The largest absolute Gasteiger partial charge is 0.373 e. The Bertz CT molecular complexity index is 565. The molecule has 0 radical (unpaired) electrons. The number of pyridine rings is 1. The maximum Gasteiger partial charge on any atom is 0.137 e. The number of nitrogens with zero attached hydrogens (tertiary/aromatic N) is 1. The molecule has 0 aromatic carbocycles. The van der Waals surface area contributed by atoms with E-state index in [4.69, 9.17) is 4.74 Å². The zero-order valence-electron chi connectivity index (χ0n) is 10.2. The van der Waals surface area contributed by atoms with E-state index in [1.165, 1.54) is 30.2 Å². The van der Waals surface area contributed by atoms with E-state index in [1.54, 1.807) is 0 Å². The third-order valence-corrected chi connectivity index (χ3v) is 4.20. The average molecular weight is 243 g/mol. The van der Waals surface area contributed by atoms with Crippen LogP contribution in [0.1, 0.15) is 24.8 Å². The van der Waals surface area contributed by atoms with Gasteiger partial charge >= 0.3 is 0 Å². The summed E-state index contributed by atoms with van der Waals surface area (Å²) >= 11 is 0. The Labute approximate surface area is 106 Å². The van der Waals surface area contributed by atoms with Gasteiger partial charge < -0.3 is 15.0 Å². The predicted octanol–water partition coefficient (Wildman–Crippen LogP) is 1.97. The molecule has 4 heterocycles. The fourth-order valence-corrected chi connectivity index (χ4v) is 3.25. The van der Waals surface area contributed by atoms with Crippen molar-refractivity contribution in [2.24, 2.45) is 0 Å². The average Bonchev–Trinajstić information content (AvgIpc) is 3.11. The van der Waals surface area contributed by atoms with Crippen LogP contribution in [-0.2, 0) is 11.3 Å². The van der Waals surface area contributed by atoms with Gasteiger partial charge in [-0.15, -0.1) is 0 Å². The van der Waals surface area contributed by atoms with Crippen molar-refractivity contribution in [2.45, 2.75) is 44.1 Å². The molecule has 2 bridgehead atoms. The van der Waals surface area contributed by atoms with Gasteiger partial charge in [-0.3, -0.25) is 0 Å². The molecule has 0 spiro atoms. The molecule has 0 aliphatic carbocycles. The number of H-pyrrole nitrogens is 1. The Morgan fingerprint density at radius 3 is 3.28 bits per heavy atom. The summed E-state index contributed by atoms with van der Waals surface area (Å²) < 4.78 is 5.86. The molecule has 4 rings (SSSR count). The summed E-state index contributed by atoms with van der Waals surface area (Å²) in [6.45, 7) is 0.892. The first kappa shape index (κ1) is 10.5. The minimum atomic E-state index is 0.443. The standard InChI is InChI=1S/C14H17N3O/c1-2-11-9(8-17-14(11)15-5-1)7-16-12-6-10-3-4-13(12)18-10/h1-2,5,8,10,12-13,16H,3-4,6-7H2,(H,15,17). The van der Waals surface area contributed by atoms with Gasteiger partial charge in [0, 0.05) is 30.4 Å². The lowest BCUT2D eigenvalue weighted by atomic mass is 9.95. The molecule has 2 aromatic heterocycles. The highest BCUT2D eigenvalue weighted by Crippen LogP contribution is 2.34. The van der Waals surface area contributed by atoms with Gasteiger partial charge in [0.15, 0.2) is 0 Å². The number of rotatable bonds is 3. The maximum atomic E-state index is 5.86. The van der Waals surface area contributed by atoms with Crippen molar-refractivity contribution >= 4 is 11.0 Å². The van der Waals surface area contributed by atoms with Crippen molar-refractivity contribution in [1.29, 1.82) is 0 Å². The minimum absolute atomic E-state index is 0.443. The Kier molecular flexibility index (Phi) is 2.38. The number of aromatic amines is 1. The van der Waals surface area contributed by atoms with E-state index in [9.17, 15) is 0 Å². The van der Waals surface area contributed by atoms with Crippen molar-refractivity contribution in [3.63, 3.8) is 0 Å². The molecule has 2 saturated heterocycles. The highest BCUT2D eigenvalue weighted by Gasteiger charge is 2.40. The fourth-order valence-electron chi connectivity index (χ4n) is 3.25. The Hall–Kier alpha value is -1.39. The second kappa shape index (κ2) is 4.07. The Balaban J connectivity index is 1.48. The summed E-state index contributed by atoms with van der Waals surface area (Å²) in [4.78, 5) is 7.53.